The van der Waals surface area contributed by atoms with E-state index in [1.54, 1.807) is 6.33 Å². The fourth-order valence-electron chi connectivity index (χ4n) is 4.19. The number of carbonyl (C=O) groups is 1. The highest BCUT2D eigenvalue weighted by Crippen LogP contribution is 2.27. The third-order valence-corrected chi connectivity index (χ3v) is 5.88. The Morgan fingerprint density at radius 1 is 1.17 bits per heavy atom. The molecule has 0 radical (unpaired) electrons. The summed E-state index contributed by atoms with van der Waals surface area (Å²) in [6.45, 7) is 5.18. The van der Waals surface area contributed by atoms with Gasteiger partial charge in [-0.05, 0) is 18.9 Å². The van der Waals surface area contributed by atoms with Crippen molar-refractivity contribution in [1.82, 2.24) is 34.5 Å². The van der Waals surface area contributed by atoms with Crippen LogP contribution in [0.5, 0.6) is 0 Å². The van der Waals surface area contributed by atoms with Crippen LogP contribution in [0.1, 0.15) is 18.9 Å². The van der Waals surface area contributed by atoms with Crippen molar-refractivity contribution in [3.8, 4) is 11.3 Å². The van der Waals surface area contributed by atoms with Gasteiger partial charge in [0.05, 0.1) is 37.7 Å². The van der Waals surface area contributed by atoms with Gasteiger partial charge in [0.2, 0.25) is 5.91 Å². The second-order valence-corrected chi connectivity index (χ2v) is 7.67. The monoisotopic (exact) mass is 395 g/mol. The molecule has 9 heteroatoms. The predicted octanol–water partition coefficient (Wildman–Crippen LogP) is 1.32. The van der Waals surface area contributed by atoms with Crippen LogP contribution in [-0.4, -0.2) is 86.4 Å². The van der Waals surface area contributed by atoms with E-state index in [1.807, 2.05) is 28.0 Å². The quantitative estimate of drug-likeness (QED) is 0.716. The second kappa shape index (κ2) is 7.92. The maximum Gasteiger partial charge on any atom is 0.236 e. The number of rotatable bonds is 4. The lowest BCUT2D eigenvalue weighted by molar-refractivity contribution is -0.134. The number of nitrogens with zero attached hydrogens (tertiary/aromatic N) is 6. The van der Waals surface area contributed by atoms with Crippen molar-refractivity contribution < 1.29 is 9.53 Å². The molecule has 1 N–H and O–H groups in total. The minimum atomic E-state index is 0.224. The topological polar surface area (TPSA) is 92.2 Å². The number of ether oxygens (including phenoxy) is 1. The summed E-state index contributed by atoms with van der Waals surface area (Å²) in [6, 6.07) is 2.29. The number of morpholine rings is 1. The molecule has 5 rings (SSSR count). The van der Waals surface area contributed by atoms with Crippen LogP contribution in [0.4, 0.5) is 0 Å². The van der Waals surface area contributed by atoms with Crippen LogP contribution in [0.3, 0.4) is 0 Å². The first-order valence-corrected chi connectivity index (χ1v) is 10.2. The molecule has 2 aliphatic rings. The number of hydrogen-bond acceptors (Lipinski definition) is 6. The number of nitrogens with one attached hydrogen (secondary N) is 1. The molecule has 0 aliphatic carbocycles. The van der Waals surface area contributed by atoms with Gasteiger partial charge in [0.1, 0.15) is 12.0 Å². The Balaban J connectivity index is 1.21. The number of aromatic amines is 1. The first kappa shape index (κ1) is 18.3. The van der Waals surface area contributed by atoms with Crippen LogP contribution in [0.2, 0.25) is 0 Å². The van der Waals surface area contributed by atoms with Gasteiger partial charge < -0.3 is 14.6 Å². The van der Waals surface area contributed by atoms with Crippen molar-refractivity contribution in [3.05, 3.63) is 31.0 Å². The molecule has 2 fully saturated rings. The summed E-state index contributed by atoms with van der Waals surface area (Å²) in [7, 11) is 0. The number of hydrogen-bond donors (Lipinski definition) is 1. The van der Waals surface area contributed by atoms with Crippen LogP contribution in [-0.2, 0) is 9.53 Å². The zero-order valence-electron chi connectivity index (χ0n) is 16.3. The van der Waals surface area contributed by atoms with Crippen molar-refractivity contribution in [2.45, 2.75) is 18.9 Å². The molecule has 152 valence electrons. The van der Waals surface area contributed by atoms with Crippen molar-refractivity contribution in [2.24, 2.45) is 0 Å². The minimum Gasteiger partial charge on any atom is -0.379 e. The fourth-order valence-corrected chi connectivity index (χ4v) is 4.19. The fraction of sp³-hybridized carbons (Fsp3) is 0.500. The maximum absolute atomic E-state index is 12.6. The van der Waals surface area contributed by atoms with Crippen LogP contribution < -0.4 is 0 Å². The van der Waals surface area contributed by atoms with Gasteiger partial charge in [0.25, 0.3) is 0 Å². The lowest BCUT2D eigenvalue weighted by Crippen LogP contribution is -2.47. The lowest BCUT2D eigenvalue weighted by atomic mass is 10.1. The summed E-state index contributed by atoms with van der Waals surface area (Å²) in [6.07, 6.45) is 9.20. The molecule has 0 saturated carbocycles. The van der Waals surface area contributed by atoms with Crippen LogP contribution in [0, 0.1) is 0 Å². The van der Waals surface area contributed by atoms with Crippen molar-refractivity contribution in [1.29, 1.82) is 0 Å². The lowest BCUT2D eigenvalue weighted by Gasteiger charge is -2.34. The number of carbonyl (C=O) groups excluding carboxylic acids is 1. The number of piperidine rings is 1. The third-order valence-electron chi connectivity index (χ3n) is 5.88. The molecule has 3 aromatic rings. The molecular formula is C20H25N7O2. The zero-order valence-corrected chi connectivity index (χ0v) is 16.3. The van der Waals surface area contributed by atoms with Gasteiger partial charge in [-0.3, -0.25) is 14.4 Å². The number of fused-ring (bicyclic) bond motifs is 1. The van der Waals surface area contributed by atoms with E-state index in [4.69, 9.17) is 4.74 Å². The average Bonchev–Trinajstić information content (AvgIpc) is 3.44. The number of likely N-dealkylation sites (tertiary alicyclic amines) is 1. The standard InChI is InChI=1S/C20H25N7O2/c28-18(13-25-7-9-29-10-8-25)26-5-2-16(3-6-26)27-12-15(11-24-27)19-17-1-4-21-20(17)23-14-22-19/h1,4,11-12,14,16H,2-3,5-10,13H2,(H,21,22,23). The van der Waals surface area contributed by atoms with E-state index in [9.17, 15) is 4.79 Å². The normalized spacial score (nSPS) is 19.1. The zero-order chi connectivity index (χ0) is 19.6. The number of aromatic nitrogens is 5. The largest absolute Gasteiger partial charge is 0.379 e. The summed E-state index contributed by atoms with van der Waals surface area (Å²) in [4.78, 5) is 28.6. The third kappa shape index (κ3) is 3.75. The molecule has 2 aliphatic heterocycles. The first-order valence-electron chi connectivity index (χ1n) is 10.2. The van der Waals surface area contributed by atoms with Crippen LogP contribution >= 0.6 is 0 Å². The molecule has 2 saturated heterocycles. The van der Waals surface area contributed by atoms with E-state index in [0.29, 0.717) is 12.6 Å². The molecule has 29 heavy (non-hydrogen) atoms. The molecule has 0 aromatic carbocycles. The minimum absolute atomic E-state index is 0.224. The smallest absolute Gasteiger partial charge is 0.236 e. The molecule has 0 spiro atoms. The van der Waals surface area contributed by atoms with Crippen molar-refractivity contribution in [2.75, 3.05) is 45.9 Å². The molecule has 0 unspecified atom stereocenters. The molecule has 9 nitrogen and oxygen atoms in total. The highest BCUT2D eigenvalue weighted by atomic mass is 16.5. The summed E-state index contributed by atoms with van der Waals surface area (Å²) in [5.41, 5.74) is 2.71. The maximum atomic E-state index is 12.6. The predicted molar refractivity (Wildman–Crippen MR) is 107 cm³/mol. The second-order valence-electron chi connectivity index (χ2n) is 7.67. The number of H-pyrrole nitrogens is 1. The van der Waals surface area contributed by atoms with E-state index in [1.165, 1.54) is 0 Å². The Morgan fingerprint density at radius 3 is 2.83 bits per heavy atom. The Bertz CT molecular complexity index is 984. The molecule has 5 heterocycles. The Hall–Kier alpha value is -2.78. The molecule has 0 bridgehead atoms. The van der Waals surface area contributed by atoms with Crippen LogP contribution in [0.25, 0.3) is 22.3 Å². The van der Waals surface area contributed by atoms with E-state index in [2.05, 4.69) is 31.1 Å². The Kier molecular flexibility index (Phi) is 4.99. The van der Waals surface area contributed by atoms with Gasteiger partial charge in [-0.15, -0.1) is 0 Å². The average molecular weight is 395 g/mol. The summed E-state index contributed by atoms with van der Waals surface area (Å²) >= 11 is 0. The summed E-state index contributed by atoms with van der Waals surface area (Å²) < 4.78 is 7.38. The van der Waals surface area contributed by atoms with E-state index in [-0.39, 0.29) is 5.91 Å². The SMILES string of the molecule is O=C(CN1CCOCC1)N1CCC(n2cc(-c3ncnc4[nH]ccc34)cn2)CC1. The van der Waals surface area contributed by atoms with Gasteiger partial charge in [-0.1, -0.05) is 0 Å². The molecular weight excluding hydrogens is 370 g/mol. The van der Waals surface area contributed by atoms with Gasteiger partial charge in [-0.25, -0.2) is 9.97 Å². The van der Waals surface area contributed by atoms with Crippen molar-refractivity contribution in [3.63, 3.8) is 0 Å². The van der Waals surface area contributed by atoms with E-state index < -0.39 is 0 Å². The molecule has 0 atom stereocenters. The van der Waals surface area contributed by atoms with E-state index >= 15 is 0 Å². The van der Waals surface area contributed by atoms with Gasteiger partial charge in [-0.2, -0.15) is 5.10 Å². The molecule has 1 amide bonds. The van der Waals surface area contributed by atoms with Gasteiger partial charge in [0.15, 0.2) is 0 Å². The molecule has 3 aromatic heterocycles. The number of amides is 1. The summed E-state index contributed by atoms with van der Waals surface area (Å²) in [5, 5.41) is 5.59. The van der Waals surface area contributed by atoms with Gasteiger partial charge in [0, 0.05) is 49.5 Å². The Morgan fingerprint density at radius 2 is 2.00 bits per heavy atom. The van der Waals surface area contributed by atoms with Crippen molar-refractivity contribution >= 4 is 16.9 Å². The summed E-state index contributed by atoms with van der Waals surface area (Å²) in [5.74, 6) is 0.224. The first-order chi connectivity index (χ1) is 14.3. The highest BCUT2D eigenvalue weighted by molar-refractivity contribution is 5.90. The highest BCUT2D eigenvalue weighted by Gasteiger charge is 2.26. The van der Waals surface area contributed by atoms with Gasteiger partial charge >= 0.3 is 0 Å². The van der Waals surface area contributed by atoms with Crippen LogP contribution in [0.15, 0.2) is 31.0 Å². The van der Waals surface area contributed by atoms with E-state index in [0.717, 1.165) is 74.5 Å². The Labute approximate surface area is 168 Å².